The number of pyridine rings is 1. The summed E-state index contributed by atoms with van der Waals surface area (Å²) >= 11 is 6.27. The van der Waals surface area contributed by atoms with Gasteiger partial charge in [-0.2, -0.15) is 0 Å². The van der Waals surface area contributed by atoms with E-state index in [-0.39, 0.29) is 28.1 Å². The zero-order chi connectivity index (χ0) is 19.8. The van der Waals surface area contributed by atoms with Gasteiger partial charge in [0.2, 0.25) is 5.91 Å². The Kier molecular flexibility index (Phi) is 5.08. The van der Waals surface area contributed by atoms with Gasteiger partial charge in [-0.1, -0.05) is 29.8 Å². The van der Waals surface area contributed by atoms with Crippen LogP contribution in [0, 0.1) is 0 Å². The number of amides is 1. The van der Waals surface area contributed by atoms with Crippen LogP contribution in [0.4, 0.5) is 11.5 Å². The van der Waals surface area contributed by atoms with Crippen LogP contribution in [0.1, 0.15) is 12.5 Å². The summed E-state index contributed by atoms with van der Waals surface area (Å²) < 4.78 is 24.4. The lowest BCUT2D eigenvalue weighted by Crippen LogP contribution is -2.29. The summed E-state index contributed by atoms with van der Waals surface area (Å²) in [6, 6.07) is 13.7. The Bertz CT molecular complexity index is 1150. The van der Waals surface area contributed by atoms with Crippen molar-refractivity contribution < 1.29 is 13.2 Å². The first-order valence-electron chi connectivity index (χ1n) is 8.08. The number of fused-ring (bicyclic) bond motifs is 1. The fraction of sp³-hybridized carbons (Fsp3) is 0.158. The van der Waals surface area contributed by atoms with Crippen LogP contribution in [0.3, 0.4) is 0 Å². The maximum absolute atomic E-state index is 12.3. The Balaban J connectivity index is 2.10. The highest BCUT2D eigenvalue weighted by Gasteiger charge is 2.24. The Morgan fingerprint density at radius 2 is 1.89 bits per heavy atom. The van der Waals surface area contributed by atoms with Gasteiger partial charge in [0.15, 0.2) is 9.84 Å². The molecule has 0 saturated carbocycles. The minimum atomic E-state index is -3.57. The number of anilines is 2. The molecule has 0 spiro atoms. The fourth-order valence-electron chi connectivity index (χ4n) is 2.86. The molecule has 1 aromatic heterocycles. The third-order valence-electron chi connectivity index (χ3n) is 4.12. The lowest BCUT2D eigenvalue weighted by Gasteiger charge is -2.25. The highest BCUT2D eigenvalue weighted by molar-refractivity contribution is 7.90. The van der Waals surface area contributed by atoms with E-state index in [2.05, 4.69) is 4.98 Å². The van der Waals surface area contributed by atoms with Crippen molar-refractivity contribution >= 4 is 49.8 Å². The van der Waals surface area contributed by atoms with E-state index >= 15 is 0 Å². The number of hydrogen-bond donors (Lipinski definition) is 1. The first-order chi connectivity index (χ1) is 12.7. The average molecular weight is 404 g/mol. The lowest BCUT2D eigenvalue weighted by atomic mass is 10.1. The smallest absolute Gasteiger partial charge is 0.224 e. The number of nitrogen functional groups attached to an aromatic ring is 1. The monoisotopic (exact) mass is 403 g/mol. The highest BCUT2D eigenvalue weighted by Crippen LogP contribution is 2.34. The van der Waals surface area contributed by atoms with Crippen molar-refractivity contribution in [1.82, 2.24) is 4.98 Å². The molecule has 1 amide bonds. The molecule has 0 aliphatic rings. The van der Waals surface area contributed by atoms with Gasteiger partial charge in [-0.25, -0.2) is 13.4 Å². The quantitative estimate of drug-likeness (QED) is 0.720. The van der Waals surface area contributed by atoms with Gasteiger partial charge in [0, 0.05) is 18.6 Å². The number of benzene rings is 2. The molecule has 0 atom stereocenters. The van der Waals surface area contributed by atoms with Crippen LogP contribution in [0.5, 0.6) is 0 Å². The summed E-state index contributed by atoms with van der Waals surface area (Å²) in [5.41, 5.74) is 7.38. The Labute approximate surface area is 162 Å². The molecule has 0 unspecified atom stereocenters. The number of hydrogen-bond acceptors (Lipinski definition) is 5. The number of nitrogens with zero attached hydrogens (tertiary/aromatic N) is 2. The van der Waals surface area contributed by atoms with Gasteiger partial charge >= 0.3 is 0 Å². The van der Waals surface area contributed by atoms with Crippen LogP contribution in [0.25, 0.3) is 10.9 Å². The Hall–Kier alpha value is -2.64. The van der Waals surface area contributed by atoms with Gasteiger partial charge < -0.3 is 10.6 Å². The zero-order valence-corrected chi connectivity index (χ0v) is 16.4. The second-order valence-corrected chi connectivity index (χ2v) is 8.62. The molecular formula is C19H18ClN3O3S. The zero-order valence-electron chi connectivity index (χ0n) is 14.8. The van der Waals surface area contributed by atoms with Crippen molar-refractivity contribution in [1.29, 1.82) is 0 Å². The van der Waals surface area contributed by atoms with E-state index < -0.39 is 9.84 Å². The van der Waals surface area contributed by atoms with Crippen LogP contribution in [0.15, 0.2) is 53.4 Å². The Morgan fingerprint density at radius 1 is 1.19 bits per heavy atom. The SMILES string of the molecule is CC(=O)N(Cc1ccc2ccc(N)nc2c1)c1c(Cl)cccc1S(C)(=O)=O. The molecule has 140 valence electrons. The highest BCUT2D eigenvalue weighted by atomic mass is 35.5. The van der Waals surface area contributed by atoms with Crippen LogP contribution < -0.4 is 10.6 Å². The molecule has 0 saturated heterocycles. The average Bonchev–Trinajstić information content (AvgIpc) is 2.58. The number of rotatable bonds is 4. The van der Waals surface area contributed by atoms with E-state index in [1.807, 2.05) is 24.3 Å². The summed E-state index contributed by atoms with van der Waals surface area (Å²) in [5.74, 6) is 0.0715. The predicted octanol–water partition coefficient (Wildman–Crippen LogP) is 3.43. The molecule has 8 heteroatoms. The van der Waals surface area contributed by atoms with Gasteiger partial charge in [0.1, 0.15) is 5.82 Å². The van der Waals surface area contributed by atoms with Crippen molar-refractivity contribution in [3.05, 3.63) is 59.1 Å². The summed E-state index contributed by atoms with van der Waals surface area (Å²) in [6.45, 7) is 1.51. The summed E-state index contributed by atoms with van der Waals surface area (Å²) in [7, 11) is -3.57. The molecule has 0 aliphatic carbocycles. The number of carbonyl (C=O) groups is 1. The minimum Gasteiger partial charge on any atom is -0.384 e. The molecule has 3 aromatic rings. The van der Waals surface area contributed by atoms with Crippen LogP contribution in [0.2, 0.25) is 5.02 Å². The number of aromatic nitrogens is 1. The van der Waals surface area contributed by atoms with Gasteiger partial charge in [-0.05, 0) is 35.9 Å². The van der Waals surface area contributed by atoms with Gasteiger partial charge in [0.05, 0.1) is 27.7 Å². The van der Waals surface area contributed by atoms with E-state index in [0.717, 1.165) is 17.2 Å². The van der Waals surface area contributed by atoms with Crippen LogP contribution in [-0.4, -0.2) is 25.6 Å². The van der Waals surface area contributed by atoms with E-state index in [4.69, 9.17) is 17.3 Å². The number of carbonyl (C=O) groups excluding carboxylic acids is 1. The van der Waals surface area contributed by atoms with Crippen molar-refractivity contribution in [2.45, 2.75) is 18.4 Å². The first-order valence-corrected chi connectivity index (χ1v) is 10.4. The largest absolute Gasteiger partial charge is 0.384 e. The molecule has 2 N–H and O–H groups in total. The van der Waals surface area contributed by atoms with E-state index in [9.17, 15) is 13.2 Å². The third kappa shape index (κ3) is 4.04. The lowest BCUT2D eigenvalue weighted by molar-refractivity contribution is -0.116. The van der Waals surface area contributed by atoms with Crippen LogP contribution >= 0.6 is 11.6 Å². The normalized spacial score (nSPS) is 11.5. The number of nitrogens with two attached hydrogens (primary N) is 1. The minimum absolute atomic E-state index is 0.00774. The molecule has 6 nitrogen and oxygen atoms in total. The molecular weight excluding hydrogens is 386 g/mol. The van der Waals surface area contributed by atoms with Crippen molar-refractivity contribution in [2.24, 2.45) is 0 Å². The van der Waals surface area contributed by atoms with Gasteiger partial charge in [0.25, 0.3) is 0 Å². The standard InChI is InChI=1S/C19H18ClN3O3S/c1-12(24)23(19-15(20)4-3-5-17(19)27(2,25)26)11-13-6-7-14-8-9-18(21)22-16(14)10-13/h3-10H,11H2,1-2H3,(H2,21,22). The maximum atomic E-state index is 12.3. The van der Waals surface area contributed by atoms with Gasteiger partial charge in [-0.3, -0.25) is 4.79 Å². The second kappa shape index (κ2) is 7.17. The topological polar surface area (TPSA) is 93.4 Å². The predicted molar refractivity (Wildman–Crippen MR) is 108 cm³/mol. The summed E-state index contributed by atoms with van der Waals surface area (Å²) in [5, 5.41) is 1.10. The van der Waals surface area contributed by atoms with E-state index in [1.54, 1.807) is 18.2 Å². The third-order valence-corrected chi connectivity index (χ3v) is 5.55. The summed E-state index contributed by atoms with van der Waals surface area (Å²) in [6.07, 6.45) is 1.09. The van der Waals surface area contributed by atoms with E-state index in [0.29, 0.717) is 11.3 Å². The van der Waals surface area contributed by atoms with Gasteiger partial charge in [-0.15, -0.1) is 0 Å². The molecule has 0 radical (unpaired) electrons. The first kappa shape index (κ1) is 19.1. The van der Waals surface area contributed by atoms with Crippen molar-refractivity contribution in [2.75, 3.05) is 16.9 Å². The summed E-state index contributed by atoms with van der Waals surface area (Å²) in [4.78, 5) is 18.0. The van der Waals surface area contributed by atoms with Crippen LogP contribution in [-0.2, 0) is 21.2 Å². The molecule has 27 heavy (non-hydrogen) atoms. The van der Waals surface area contributed by atoms with E-state index in [1.165, 1.54) is 17.9 Å². The molecule has 2 aromatic carbocycles. The maximum Gasteiger partial charge on any atom is 0.224 e. The molecule has 0 bridgehead atoms. The second-order valence-electron chi connectivity index (χ2n) is 6.23. The fourth-order valence-corrected chi connectivity index (χ4v) is 4.09. The Morgan fingerprint density at radius 3 is 2.56 bits per heavy atom. The number of halogens is 1. The molecule has 0 fully saturated rings. The molecule has 1 heterocycles. The van der Waals surface area contributed by atoms with Crippen molar-refractivity contribution in [3.63, 3.8) is 0 Å². The number of sulfone groups is 1. The van der Waals surface area contributed by atoms with Crippen molar-refractivity contribution in [3.8, 4) is 0 Å². The molecule has 3 rings (SSSR count). The number of para-hydroxylation sites is 1. The molecule has 0 aliphatic heterocycles.